The molecule has 1 aromatic heterocycles. The van der Waals surface area contributed by atoms with Crippen molar-refractivity contribution in [2.45, 2.75) is 13.0 Å². The Morgan fingerprint density at radius 3 is 2.41 bits per heavy atom. The molecule has 0 radical (unpaired) electrons. The van der Waals surface area contributed by atoms with E-state index in [1.165, 1.54) is 16.2 Å². The highest BCUT2D eigenvalue weighted by atomic mass is 79.9. The van der Waals surface area contributed by atoms with E-state index >= 15 is 0 Å². The van der Waals surface area contributed by atoms with Gasteiger partial charge in [-0.05, 0) is 44.8 Å². The number of rotatable bonds is 3. The summed E-state index contributed by atoms with van der Waals surface area (Å²) in [7, 11) is 3.23. The standard InChI is InChI=1S/C10H11Br2NO3S/c1-5(9(14)13(2)3)16-10(15)7-4-6(11)8(12)17-7/h4-5H,1-3H3. The molecule has 94 valence electrons. The van der Waals surface area contributed by atoms with Crippen LogP contribution < -0.4 is 0 Å². The first-order valence-corrected chi connectivity index (χ1v) is 7.10. The van der Waals surface area contributed by atoms with E-state index in [4.69, 9.17) is 4.74 Å². The summed E-state index contributed by atoms with van der Waals surface area (Å²) in [4.78, 5) is 25.1. The molecular weight excluding hydrogens is 374 g/mol. The van der Waals surface area contributed by atoms with E-state index in [2.05, 4.69) is 31.9 Å². The normalized spacial score (nSPS) is 12.1. The second kappa shape index (κ2) is 5.97. The number of likely N-dealkylation sites (N-methyl/N-ethyl adjacent to an activating group) is 1. The van der Waals surface area contributed by atoms with Gasteiger partial charge in [0.25, 0.3) is 5.91 Å². The molecule has 0 saturated heterocycles. The predicted octanol–water partition coefficient (Wildman–Crippen LogP) is 2.91. The highest BCUT2D eigenvalue weighted by Crippen LogP contribution is 2.32. The molecule has 0 spiro atoms. The number of esters is 1. The number of hydrogen-bond donors (Lipinski definition) is 0. The van der Waals surface area contributed by atoms with Gasteiger partial charge in [0, 0.05) is 18.6 Å². The van der Waals surface area contributed by atoms with Gasteiger partial charge in [-0.1, -0.05) is 0 Å². The van der Waals surface area contributed by atoms with Crippen molar-refractivity contribution in [3.8, 4) is 0 Å². The van der Waals surface area contributed by atoms with Crippen LogP contribution in [0.5, 0.6) is 0 Å². The molecule has 0 N–H and O–H groups in total. The Labute approximate surface area is 120 Å². The third-order valence-corrected chi connectivity index (χ3v) is 5.15. The van der Waals surface area contributed by atoms with E-state index in [0.29, 0.717) is 4.88 Å². The van der Waals surface area contributed by atoms with Crippen LogP contribution in [0.25, 0.3) is 0 Å². The molecule has 0 aliphatic heterocycles. The van der Waals surface area contributed by atoms with E-state index in [9.17, 15) is 9.59 Å². The van der Waals surface area contributed by atoms with Gasteiger partial charge in [0.2, 0.25) is 0 Å². The van der Waals surface area contributed by atoms with E-state index in [0.717, 1.165) is 8.26 Å². The third kappa shape index (κ3) is 3.79. The molecule has 0 saturated carbocycles. The monoisotopic (exact) mass is 383 g/mol. The fourth-order valence-electron chi connectivity index (χ4n) is 1.08. The average Bonchev–Trinajstić information content (AvgIpc) is 2.58. The molecule has 0 aliphatic carbocycles. The maximum atomic E-state index is 11.7. The zero-order valence-corrected chi connectivity index (χ0v) is 13.5. The van der Waals surface area contributed by atoms with Crippen molar-refractivity contribution in [3.63, 3.8) is 0 Å². The van der Waals surface area contributed by atoms with Gasteiger partial charge in [0.1, 0.15) is 4.88 Å². The quantitative estimate of drug-likeness (QED) is 0.752. The SMILES string of the molecule is CC(OC(=O)c1cc(Br)c(Br)s1)C(=O)N(C)C. The zero-order valence-electron chi connectivity index (χ0n) is 9.49. The average molecular weight is 385 g/mol. The topological polar surface area (TPSA) is 46.6 Å². The summed E-state index contributed by atoms with van der Waals surface area (Å²) in [5, 5.41) is 0. The summed E-state index contributed by atoms with van der Waals surface area (Å²) in [5.41, 5.74) is 0. The highest BCUT2D eigenvalue weighted by Gasteiger charge is 2.21. The largest absolute Gasteiger partial charge is 0.448 e. The highest BCUT2D eigenvalue weighted by molar-refractivity contribution is 9.13. The number of carbonyl (C=O) groups excluding carboxylic acids is 2. The molecular formula is C10H11Br2NO3S. The van der Waals surface area contributed by atoms with Crippen molar-refractivity contribution >= 4 is 55.1 Å². The lowest BCUT2D eigenvalue weighted by molar-refractivity contribution is -0.137. The maximum absolute atomic E-state index is 11.7. The molecule has 1 rings (SSSR count). The Bertz CT molecular complexity index is 425. The molecule has 1 atom stereocenters. The Hall–Kier alpha value is -0.400. The number of hydrogen-bond acceptors (Lipinski definition) is 4. The summed E-state index contributed by atoms with van der Waals surface area (Å²) >= 11 is 7.83. The van der Waals surface area contributed by atoms with Gasteiger partial charge in [0.15, 0.2) is 6.10 Å². The summed E-state index contributed by atoms with van der Waals surface area (Å²) < 4.78 is 6.67. The Morgan fingerprint density at radius 1 is 1.41 bits per heavy atom. The summed E-state index contributed by atoms with van der Waals surface area (Å²) in [5.74, 6) is -0.739. The van der Waals surface area contributed by atoms with Crippen molar-refractivity contribution in [3.05, 3.63) is 19.2 Å². The lowest BCUT2D eigenvalue weighted by Crippen LogP contribution is -2.34. The molecule has 1 heterocycles. The number of carbonyl (C=O) groups is 2. The molecule has 1 amide bonds. The number of amides is 1. The molecule has 0 aromatic carbocycles. The van der Waals surface area contributed by atoms with Crippen LogP contribution in [0, 0.1) is 0 Å². The number of nitrogens with zero attached hydrogens (tertiary/aromatic N) is 1. The van der Waals surface area contributed by atoms with Crippen LogP contribution in [0.3, 0.4) is 0 Å². The lowest BCUT2D eigenvalue weighted by atomic mass is 10.3. The summed E-state index contributed by atoms with van der Waals surface area (Å²) in [6.45, 7) is 1.55. The van der Waals surface area contributed by atoms with Crippen molar-refractivity contribution in [1.82, 2.24) is 4.90 Å². The number of halogens is 2. The first kappa shape index (κ1) is 14.7. The minimum absolute atomic E-state index is 0.243. The fraction of sp³-hybridized carbons (Fsp3) is 0.400. The van der Waals surface area contributed by atoms with Crippen molar-refractivity contribution < 1.29 is 14.3 Å². The molecule has 7 heteroatoms. The first-order valence-electron chi connectivity index (χ1n) is 4.70. The summed E-state index contributed by atoms with van der Waals surface area (Å²) in [6.07, 6.45) is -0.780. The van der Waals surface area contributed by atoms with Gasteiger partial charge < -0.3 is 9.64 Å². The Morgan fingerprint density at radius 2 is 2.00 bits per heavy atom. The first-order chi connectivity index (χ1) is 7.82. The van der Waals surface area contributed by atoms with Gasteiger partial charge in [0.05, 0.1) is 3.79 Å². The van der Waals surface area contributed by atoms with Crippen LogP contribution in [0.1, 0.15) is 16.6 Å². The molecule has 0 aliphatic rings. The van der Waals surface area contributed by atoms with E-state index in [1.807, 2.05) is 0 Å². The zero-order chi connectivity index (χ0) is 13.2. The molecule has 1 unspecified atom stereocenters. The fourth-order valence-corrected chi connectivity index (χ4v) is 3.00. The van der Waals surface area contributed by atoms with Crippen molar-refractivity contribution in [1.29, 1.82) is 0 Å². The van der Waals surface area contributed by atoms with Gasteiger partial charge in [-0.25, -0.2) is 4.79 Å². The van der Waals surface area contributed by atoms with Crippen LogP contribution in [0.15, 0.2) is 14.3 Å². The van der Waals surface area contributed by atoms with Gasteiger partial charge >= 0.3 is 5.97 Å². The second-order valence-electron chi connectivity index (χ2n) is 3.51. The maximum Gasteiger partial charge on any atom is 0.349 e. The van der Waals surface area contributed by atoms with E-state index in [1.54, 1.807) is 27.1 Å². The molecule has 0 fully saturated rings. The molecule has 0 bridgehead atoms. The van der Waals surface area contributed by atoms with Crippen LogP contribution >= 0.6 is 43.2 Å². The van der Waals surface area contributed by atoms with Gasteiger partial charge in [-0.15, -0.1) is 11.3 Å². The number of ether oxygens (including phenoxy) is 1. The Kier molecular flexibility index (Phi) is 5.15. The minimum atomic E-state index is -0.780. The molecule has 4 nitrogen and oxygen atoms in total. The smallest absolute Gasteiger partial charge is 0.349 e. The van der Waals surface area contributed by atoms with E-state index in [-0.39, 0.29) is 5.91 Å². The van der Waals surface area contributed by atoms with E-state index < -0.39 is 12.1 Å². The third-order valence-electron chi connectivity index (χ3n) is 1.92. The molecule has 17 heavy (non-hydrogen) atoms. The second-order valence-corrected chi connectivity index (χ2v) is 6.74. The summed E-state index contributed by atoms with van der Waals surface area (Å²) in [6, 6.07) is 1.66. The van der Waals surface area contributed by atoms with Gasteiger partial charge in [-0.3, -0.25) is 4.79 Å². The predicted molar refractivity (Wildman–Crippen MR) is 73.3 cm³/mol. The van der Waals surface area contributed by atoms with Crippen LogP contribution in [-0.2, 0) is 9.53 Å². The Balaban J connectivity index is 2.70. The minimum Gasteiger partial charge on any atom is -0.448 e. The lowest BCUT2D eigenvalue weighted by Gasteiger charge is -2.16. The van der Waals surface area contributed by atoms with Crippen molar-refractivity contribution in [2.75, 3.05) is 14.1 Å². The van der Waals surface area contributed by atoms with Crippen LogP contribution in [0.4, 0.5) is 0 Å². The van der Waals surface area contributed by atoms with Crippen LogP contribution in [-0.4, -0.2) is 37.0 Å². The molecule has 1 aromatic rings. The number of thiophene rings is 1. The van der Waals surface area contributed by atoms with Gasteiger partial charge in [-0.2, -0.15) is 0 Å². The van der Waals surface area contributed by atoms with Crippen molar-refractivity contribution in [2.24, 2.45) is 0 Å². The van der Waals surface area contributed by atoms with Crippen LogP contribution in [0.2, 0.25) is 0 Å².